The van der Waals surface area contributed by atoms with E-state index in [1.54, 1.807) is 18.3 Å². The fraction of sp³-hybridized carbons (Fsp3) is 0.312. The van der Waals surface area contributed by atoms with Crippen LogP contribution in [0.25, 0.3) is 0 Å². The quantitative estimate of drug-likeness (QED) is 0.625. The van der Waals surface area contributed by atoms with Crippen LogP contribution in [0.15, 0.2) is 36.5 Å². The SMILES string of the molecule is CC(C)(C)Oc1cc(CNc2ccc([N+](=O)[O-])cc2[N+](=O)[O-])ccn1. The van der Waals surface area contributed by atoms with Crippen molar-refractivity contribution in [3.05, 3.63) is 62.3 Å². The Hall–Kier alpha value is -3.23. The van der Waals surface area contributed by atoms with Crippen molar-refractivity contribution in [1.29, 1.82) is 0 Å². The highest BCUT2D eigenvalue weighted by atomic mass is 16.6. The van der Waals surface area contributed by atoms with Gasteiger partial charge in [0.15, 0.2) is 0 Å². The summed E-state index contributed by atoms with van der Waals surface area (Å²) in [6.07, 6.45) is 1.59. The lowest BCUT2D eigenvalue weighted by Gasteiger charge is -2.20. The van der Waals surface area contributed by atoms with Crippen molar-refractivity contribution in [2.75, 3.05) is 5.32 Å². The minimum atomic E-state index is -0.671. The molecule has 0 radical (unpaired) electrons. The molecule has 2 rings (SSSR count). The number of non-ortho nitro benzene ring substituents is 1. The Morgan fingerprint density at radius 3 is 2.44 bits per heavy atom. The molecule has 132 valence electrons. The molecular weight excluding hydrogens is 328 g/mol. The highest BCUT2D eigenvalue weighted by molar-refractivity contribution is 5.65. The smallest absolute Gasteiger partial charge is 0.299 e. The van der Waals surface area contributed by atoms with Gasteiger partial charge in [0.05, 0.1) is 15.9 Å². The second-order valence-electron chi connectivity index (χ2n) is 6.29. The maximum Gasteiger partial charge on any atom is 0.299 e. The Bertz CT molecular complexity index is 801. The van der Waals surface area contributed by atoms with E-state index in [2.05, 4.69) is 10.3 Å². The summed E-state index contributed by atoms with van der Waals surface area (Å²) in [5, 5.41) is 24.8. The van der Waals surface area contributed by atoms with Gasteiger partial charge >= 0.3 is 0 Å². The summed E-state index contributed by atoms with van der Waals surface area (Å²) in [6, 6.07) is 6.96. The van der Waals surface area contributed by atoms with Gasteiger partial charge in [-0.3, -0.25) is 20.2 Å². The predicted molar refractivity (Wildman–Crippen MR) is 91.7 cm³/mol. The summed E-state index contributed by atoms with van der Waals surface area (Å²) in [7, 11) is 0. The van der Waals surface area contributed by atoms with Crippen LogP contribution in [0.3, 0.4) is 0 Å². The minimum Gasteiger partial charge on any atom is -0.472 e. The molecular formula is C16H18N4O5. The van der Waals surface area contributed by atoms with Crippen molar-refractivity contribution in [3.63, 3.8) is 0 Å². The number of nitrogens with zero attached hydrogens (tertiary/aromatic N) is 3. The number of hydrogen-bond acceptors (Lipinski definition) is 7. The zero-order chi connectivity index (χ0) is 18.6. The van der Waals surface area contributed by atoms with Gasteiger partial charge in [-0.1, -0.05) is 0 Å². The van der Waals surface area contributed by atoms with Gasteiger partial charge in [0.1, 0.15) is 11.3 Å². The Kier molecular flexibility index (Phi) is 5.16. The van der Waals surface area contributed by atoms with E-state index < -0.39 is 15.4 Å². The molecule has 9 nitrogen and oxygen atoms in total. The molecule has 0 fully saturated rings. The zero-order valence-corrected chi connectivity index (χ0v) is 14.1. The Labute approximate surface area is 144 Å². The molecule has 0 bridgehead atoms. The first-order valence-corrected chi connectivity index (χ1v) is 7.46. The number of nitrogens with one attached hydrogen (secondary N) is 1. The Balaban J connectivity index is 2.17. The van der Waals surface area contributed by atoms with Crippen molar-refractivity contribution >= 4 is 17.1 Å². The van der Waals surface area contributed by atoms with E-state index in [1.165, 1.54) is 12.1 Å². The summed E-state index contributed by atoms with van der Waals surface area (Å²) in [4.78, 5) is 24.7. The van der Waals surface area contributed by atoms with Crippen LogP contribution in [-0.4, -0.2) is 20.4 Å². The van der Waals surface area contributed by atoms with Crippen LogP contribution >= 0.6 is 0 Å². The van der Waals surface area contributed by atoms with Gasteiger partial charge in [-0.2, -0.15) is 0 Å². The first kappa shape index (κ1) is 18.1. The van der Waals surface area contributed by atoms with E-state index >= 15 is 0 Å². The molecule has 0 spiro atoms. The average Bonchev–Trinajstić information content (AvgIpc) is 2.51. The highest BCUT2D eigenvalue weighted by Gasteiger charge is 2.19. The summed E-state index contributed by atoms with van der Waals surface area (Å²) < 4.78 is 5.68. The number of anilines is 1. The predicted octanol–water partition coefficient (Wildman–Crippen LogP) is 3.69. The third kappa shape index (κ3) is 5.13. The number of hydrogen-bond donors (Lipinski definition) is 1. The molecule has 0 saturated carbocycles. The van der Waals surface area contributed by atoms with Crippen LogP contribution in [-0.2, 0) is 6.54 Å². The van der Waals surface area contributed by atoms with Gasteiger partial charge in [0, 0.05) is 24.9 Å². The molecule has 0 saturated heterocycles. The molecule has 0 aliphatic carbocycles. The topological polar surface area (TPSA) is 120 Å². The maximum absolute atomic E-state index is 11.1. The largest absolute Gasteiger partial charge is 0.472 e. The fourth-order valence-electron chi connectivity index (χ4n) is 2.06. The normalized spacial score (nSPS) is 11.0. The minimum absolute atomic E-state index is 0.200. The van der Waals surface area contributed by atoms with Crippen LogP contribution < -0.4 is 10.1 Å². The molecule has 2 aromatic rings. The Morgan fingerprint density at radius 1 is 1.12 bits per heavy atom. The second kappa shape index (κ2) is 7.12. The number of ether oxygens (including phenoxy) is 1. The lowest BCUT2D eigenvalue weighted by Crippen LogP contribution is -2.23. The number of pyridine rings is 1. The first-order chi connectivity index (χ1) is 11.7. The summed E-state index contributed by atoms with van der Waals surface area (Å²) >= 11 is 0. The molecule has 9 heteroatoms. The lowest BCUT2D eigenvalue weighted by molar-refractivity contribution is -0.393. The lowest BCUT2D eigenvalue weighted by atomic mass is 10.2. The van der Waals surface area contributed by atoms with Crippen LogP contribution in [0.4, 0.5) is 17.1 Å². The van der Waals surface area contributed by atoms with E-state index in [0.717, 1.165) is 11.6 Å². The van der Waals surface area contributed by atoms with Crippen molar-refractivity contribution in [2.24, 2.45) is 0 Å². The van der Waals surface area contributed by atoms with Gasteiger partial charge < -0.3 is 10.1 Å². The number of aromatic nitrogens is 1. The number of nitro benzene ring substituents is 2. The molecule has 1 heterocycles. The molecule has 1 aromatic heterocycles. The molecule has 0 amide bonds. The standard InChI is InChI=1S/C16H18N4O5/c1-16(2,3)25-15-8-11(6-7-17-15)10-18-13-5-4-12(19(21)22)9-14(13)20(23)24/h4-9,18H,10H2,1-3H3. The van der Waals surface area contributed by atoms with E-state index in [9.17, 15) is 20.2 Å². The van der Waals surface area contributed by atoms with E-state index in [4.69, 9.17) is 4.74 Å². The van der Waals surface area contributed by atoms with Crippen molar-refractivity contribution in [3.8, 4) is 5.88 Å². The molecule has 1 N–H and O–H groups in total. The number of nitro groups is 2. The highest BCUT2D eigenvalue weighted by Crippen LogP contribution is 2.29. The van der Waals surface area contributed by atoms with E-state index in [-0.39, 0.29) is 23.6 Å². The molecule has 0 unspecified atom stereocenters. The van der Waals surface area contributed by atoms with Crippen molar-refractivity contribution in [2.45, 2.75) is 32.9 Å². The second-order valence-corrected chi connectivity index (χ2v) is 6.29. The van der Waals surface area contributed by atoms with Gasteiger partial charge in [0.2, 0.25) is 5.88 Å². The molecule has 1 aromatic carbocycles. The maximum atomic E-state index is 11.1. The summed E-state index contributed by atoms with van der Waals surface area (Å²) in [6.45, 7) is 5.99. The summed E-state index contributed by atoms with van der Waals surface area (Å²) in [5.74, 6) is 0.449. The van der Waals surface area contributed by atoms with Crippen LogP contribution in [0.1, 0.15) is 26.3 Å². The van der Waals surface area contributed by atoms with E-state index in [1.807, 2.05) is 20.8 Å². The van der Waals surface area contributed by atoms with Gasteiger partial charge in [-0.05, 0) is 38.5 Å². The van der Waals surface area contributed by atoms with Gasteiger partial charge in [-0.25, -0.2) is 4.98 Å². The van der Waals surface area contributed by atoms with Crippen LogP contribution in [0.2, 0.25) is 0 Å². The van der Waals surface area contributed by atoms with Crippen LogP contribution in [0, 0.1) is 20.2 Å². The fourth-order valence-corrected chi connectivity index (χ4v) is 2.06. The zero-order valence-electron chi connectivity index (χ0n) is 14.1. The van der Waals surface area contributed by atoms with Crippen molar-refractivity contribution in [1.82, 2.24) is 4.98 Å². The monoisotopic (exact) mass is 346 g/mol. The third-order valence-corrected chi connectivity index (χ3v) is 3.08. The first-order valence-electron chi connectivity index (χ1n) is 7.46. The Morgan fingerprint density at radius 2 is 1.84 bits per heavy atom. The van der Waals surface area contributed by atoms with Gasteiger partial charge in [0.25, 0.3) is 11.4 Å². The number of rotatable bonds is 6. The summed E-state index contributed by atoms with van der Waals surface area (Å²) in [5.41, 5.74) is -0.0695. The number of benzene rings is 1. The van der Waals surface area contributed by atoms with Gasteiger partial charge in [-0.15, -0.1) is 0 Å². The third-order valence-electron chi connectivity index (χ3n) is 3.08. The van der Waals surface area contributed by atoms with Crippen molar-refractivity contribution < 1.29 is 14.6 Å². The molecule has 25 heavy (non-hydrogen) atoms. The van der Waals surface area contributed by atoms with E-state index in [0.29, 0.717) is 5.88 Å². The molecule has 0 aliphatic rings. The molecule has 0 atom stereocenters. The van der Waals surface area contributed by atoms with Crippen LogP contribution in [0.5, 0.6) is 5.88 Å². The molecule has 0 aliphatic heterocycles. The average molecular weight is 346 g/mol.